The maximum Gasteiger partial charge on any atom is 0.453 e. The zero-order valence-electron chi connectivity index (χ0n) is 18.4. The van der Waals surface area contributed by atoms with Crippen molar-refractivity contribution < 1.29 is 22.7 Å². The third kappa shape index (κ3) is 4.88. The van der Waals surface area contributed by atoms with Gasteiger partial charge in [-0.3, -0.25) is 4.79 Å². The third-order valence-corrected chi connectivity index (χ3v) is 7.22. The van der Waals surface area contributed by atoms with Crippen LogP contribution in [0.2, 0.25) is 0 Å². The molecule has 8 nitrogen and oxygen atoms in total. The lowest BCUT2D eigenvalue weighted by atomic mass is 9.95. The quantitative estimate of drug-likeness (QED) is 0.521. The number of nitrogens with zero attached hydrogens (tertiary/aromatic N) is 6. The highest BCUT2D eigenvalue weighted by atomic mass is 32.1. The van der Waals surface area contributed by atoms with E-state index in [1.165, 1.54) is 6.07 Å². The molecule has 1 amide bonds. The number of aromatic nitrogens is 4. The molecule has 0 N–H and O–H groups in total. The van der Waals surface area contributed by atoms with Crippen LogP contribution in [-0.2, 0) is 22.3 Å². The Morgan fingerprint density at radius 3 is 2.68 bits per heavy atom. The van der Waals surface area contributed by atoms with E-state index in [9.17, 15) is 18.0 Å². The number of carbonyl (C=O) groups is 1. The Kier molecular flexibility index (Phi) is 6.43. The standard InChI is InChI=1S/C22H25F3N6O2S/c23-22(24,25)21-27-26-18-5-6-19(28-31(18)21)29-9-7-15(8-10-29)20(32)30(13-16-3-1-11-33-16)14-17-4-2-12-34-17/h2,4-6,12,15-16H,1,3,7-11,13-14H2. The predicted molar refractivity (Wildman–Crippen MR) is 119 cm³/mol. The first-order chi connectivity index (χ1) is 16.4. The first-order valence-electron chi connectivity index (χ1n) is 11.4. The minimum absolute atomic E-state index is 0.0412. The van der Waals surface area contributed by atoms with Crippen LogP contribution in [0.15, 0.2) is 29.6 Å². The molecular weight excluding hydrogens is 469 g/mol. The number of thiophene rings is 1. The molecule has 2 fully saturated rings. The van der Waals surface area contributed by atoms with E-state index in [-0.39, 0.29) is 23.6 Å². The van der Waals surface area contributed by atoms with Crippen LogP contribution in [-0.4, -0.2) is 63.0 Å². The summed E-state index contributed by atoms with van der Waals surface area (Å²) in [5.41, 5.74) is 0.0412. The smallest absolute Gasteiger partial charge is 0.376 e. The van der Waals surface area contributed by atoms with Crippen LogP contribution in [0.25, 0.3) is 5.65 Å². The van der Waals surface area contributed by atoms with Crippen molar-refractivity contribution in [1.29, 1.82) is 0 Å². The number of halogens is 3. The van der Waals surface area contributed by atoms with Gasteiger partial charge in [-0.25, -0.2) is 0 Å². The van der Waals surface area contributed by atoms with Gasteiger partial charge in [0.1, 0.15) is 5.82 Å². The average molecular weight is 495 g/mol. The van der Waals surface area contributed by atoms with Crippen molar-refractivity contribution in [1.82, 2.24) is 24.7 Å². The molecule has 2 aliphatic heterocycles. The van der Waals surface area contributed by atoms with Gasteiger partial charge in [0.05, 0.1) is 12.6 Å². The summed E-state index contributed by atoms with van der Waals surface area (Å²) in [6.07, 6.45) is -1.36. The number of piperidine rings is 1. The molecule has 0 radical (unpaired) electrons. The molecule has 0 aromatic carbocycles. The summed E-state index contributed by atoms with van der Waals surface area (Å²) < 4.78 is 46.1. The van der Waals surface area contributed by atoms with E-state index in [1.807, 2.05) is 27.3 Å². The number of rotatable bonds is 6. The van der Waals surface area contributed by atoms with Crippen LogP contribution < -0.4 is 4.90 Å². The number of carbonyl (C=O) groups excluding carboxylic acids is 1. The van der Waals surface area contributed by atoms with Crippen molar-refractivity contribution in [3.63, 3.8) is 0 Å². The van der Waals surface area contributed by atoms with Gasteiger partial charge in [0, 0.05) is 37.0 Å². The Morgan fingerprint density at radius 1 is 1.18 bits per heavy atom. The Hall–Kier alpha value is -2.73. The lowest BCUT2D eigenvalue weighted by Gasteiger charge is -2.35. The van der Waals surface area contributed by atoms with Gasteiger partial charge in [0.2, 0.25) is 5.91 Å². The van der Waals surface area contributed by atoms with Crippen molar-refractivity contribution >= 4 is 28.7 Å². The molecule has 5 heterocycles. The highest BCUT2D eigenvalue weighted by Crippen LogP contribution is 2.29. The Bertz CT molecular complexity index is 1120. The zero-order chi connectivity index (χ0) is 23.7. The third-order valence-electron chi connectivity index (χ3n) is 6.36. The lowest BCUT2D eigenvalue weighted by molar-refractivity contribution is -0.146. The van der Waals surface area contributed by atoms with Gasteiger partial charge >= 0.3 is 6.18 Å². The van der Waals surface area contributed by atoms with Crippen LogP contribution in [0.4, 0.5) is 19.0 Å². The van der Waals surface area contributed by atoms with E-state index in [4.69, 9.17) is 4.74 Å². The number of fused-ring (bicyclic) bond motifs is 1. The molecule has 1 atom stereocenters. The molecule has 1 unspecified atom stereocenters. The van der Waals surface area contributed by atoms with Crippen molar-refractivity contribution in [2.45, 2.75) is 44.5 Å². The fourth-order valence-electron chi connectivity index (χ4n) is 4.60. The summed E-state index contributed by atoms with van der Waals surface area (Å²) in [4.78, 5) is 18.4. The van der Waals surface area contributed by atoms with Crippen molar-refractivity contribution in [2.75, 3.05) is 31.1 Å². The normalized spacial score (nSPS) is 19.7. The van der Waals surface area contributed by atoms with E-state index in [2.05, 4.69) is 15.3 Å². The number of amides is 1. The fourth-order valence-corrected chi connectivity index (χ4v) is 5.32. The van der Waals surface area contributed by atoms with Gasteiger partial charge in [-0.1, -0.05) is 6.07 Å². The first kappa shape index (κ1) is 23.0. The Labute approximate surface area is 198 Å². The van der Waals surface area contributed by atoms with E-state index in [0.717, 1.165) is 28.8 Å². The largest absolute Gasteiger partial charge is 0.453 e. The maximum absolute atomic E-state index is 13.4. The van der Waals surface area contributed by atoms with E-state index in [1.54, 1.807) is 17.4 Å². The first-order valence-corrected chi connectivity index (χ1v) is 12.2. The molecule has 3 aromatic heterocycles. The molecule has 182 valence electrons. The fraction of sp³-hybridized carbons (Fsp3) is 0.545. The summed E-state index contributed by atoms with van der Waals surface area (Å²) in [7, 11) is 0. The second-order valence-electron chi connectivity index (χ2n) is 8.68. The molecule has 12 heteroatoms. The summed E-state index contributed by atoms with van der Waals surface area (Å²) >= 11 is 1.63. The summed E-state index contributed by atoms with van der Waals surface area (Å²) in [6.45, 7) is 2.96. The molecular formula is C22H25F3N6O2S. The van der Waals surface area contributed by atoms with Crippen LogP contribution in [0.3, 0.4) is 0 Å². The van der Waals surface area contributed by atoms with Gasteiger partial charge in [-0.15, -0.1) is 26.6 Å². The summed E-state index contributed by atoms with van der Waals surface area (Å²) in [6, 6.07) is 7.14. The van der Waals surface area contributed by atoms with Crippen molar-refractivity contribution in [2.24, 2.45) is 5.92 Å². The predicted octanol–water partition coefficient (Wildman–Crippen LogP) is 3.63. The van der Waals surface area contributed by atoms with Crippen molar-refractivity contribution in [3.05, 3.63) is 40.3 Å². The number of hydrogen-bond acceptors (Lipinski definition) is 7. The minimum atomic E-state index is -4.64. The molecule has 5 rings (SSSR count). The SMILES string of the molecule is O=C(C1CCN(c2ccc3nnc(C(F)(F)F)n3n2)CC1)N(Cc1cccs1)CC1CCCO1. The monoisotopic (exact) mass is 494 g/mol. The highest BCUT2D eigenvalue weighted by Gasteiger charge is 2.38. The molecule has 0 saturated carbocycles. The highest BCUT2D eigenvalue weighted by molar-refractivity contribution is 7.09. The second-order valence-corrected chi connectivity index (χ2v) is 9.71. The van der Waals surface area contributed by atoms with Gasteiger partial charge in [0.15, 0.2) is 5.65 Å². The minimum Gasteiger partial charge on any atom is -0.376 e. The molecule has 2 saturated heterocycles. The van der Waals surface area contributed by atoms with Gasteiger partial charge < -0.3 is 14.5 Å². The molecule has 0 spiro atoms. The summed E-state index contributed by atoms with van der Waals surface area (Å²) in [5, 5.41) is 12.9. The van der Waals surface area contributed by atoms with E-state index < -0.39 is 12.0 Å². The van der Waals surface area contributed by atoms with Crippen LogP contribution in [0, 0.1) is 5.92 Å². The number of alkyl halides is 3. The van der Waals surface area contributed by atoms with Crippen LogP contribution in [0.5, 0.6) is 0 Å². The number of ether oxygens (including phenoxy) is 1. The van der Waals surface area contributed by atoms with E-state index >= 15 is 0 Å². The maximum atomic E-state index is 13.4. The Balaban J connectivity index is 1.26. The molecule has 0 bridgehead atoms. The van der Waals surface area contributed by atoms with E-state index in [0.29, 0.717) is 44.8 Å². The molecule has 34 heavy (non-hydrogen) atoms. The zero-order valence-corrected chi connectivity index (χ0v) is 19.3. The average Bonchev–Trinajstić information content (AvgIpc) is 3.59. The van der Waals surface area contributed by atoms with Gasteiger partial charge in [0.25, 0.3) is 5.82 Å². The van der Waals surface area contributed by atoms with Crippen LogP contribution >= 0.6 is 11.3 Å². The molecule has 2 aliphatic rings. The Morgan fingerprint density at radius 2 is 2.00 bits per heavy atom. The van der Waals surface area contributed by atoms with Crippen LogP contribution in [0.1, 0.15) is 36.4 Å². The van der Waals surface area contributed by atoms with Gasteiger partial charge in [-0.2, -0.15) is 17.7 Å². The summed E-state index contributed by atoms with van der Waals surface area (Å²) in [5.74, 6) is -0.751. The molecule has 3 aromatic rings. The van der Waals surface area contributed by atoms with Gasteiger partial charge in [-0.05, 0) is 49.3 Å². The number of anilines is 1. The lowest BCUT2D eigenvalue weighted by Crippen LogP contribution is -2.44. The molecule has 0 aliphatic carbocycles. The number of hydrogen-bond donors (Lipinski definition) is 0. The second kappa shape index (κ2) is 9.49. The topological polar surface area (TPSA) is 75.9 Å². The van der Waals surface area contributed by atoms with Crippen molar-refractivity contribution in [3.8, 4) is 0 Å².